The molecule has 180 valence electrons. The maximum Gasteiger partial charge on any atom is 0.240 e. The molecule has 3 aromatic carbocycles. The van der Waals surface area contributed by atoms with Crippen molar-refractivity contribution in [2.75, 3.05) is 27.3 Å². The highest BCUT2D eigenvalue weighted by Crippen LogP contribution is 2.38. The van der Waals surface area contributed by atoms with E-state index >= 15 is 0 Å². The number of ether oxygens (including phenoxy) is 2. The number of nitrogens with zero attached hydrogens (tertiary/aromatic N) is 1. The maximum atomic E-state index is 13.1. The van der Waals surface area contributed by atoms with Crippen molar-refractivity contribution in [2.24, 2.45) is 0 Å². The summed E-state index contributed by atoms with van der Waals surface area (Å²) in [6.45, 7) is 5.85. The molecule has 0 saturated heterocycles. The molecule has 6 nitrogen and oxygen atoms in total. The number of methoxy groups -OCH3 is 2. The van der Waals surface area contributed by atoms with E-state index in [0.29, 0.717) is 11.5 Å². The molecule has 7 heteroatoms. The van der Waals surface area contributed by atoms with Crippen LogP contribution in [0.15, 0.2) is 65.6 Å². The maximum absolute atomic E-state index is 13.1. The van der Waals surface area contributed by atoms with Crippen LogP contribution in [0.25, 0.3) is 0 Å². The number of hydrogen-bond acceptors (Lipinski definition) is 5. The van der Waals surface area contributed by atoms with E-state index in [1.165, 1.54) is 11.1 Å². The van der Waals surface area contributed by atoms with Gasteiger partial charge in [-0.25, -0.2) is 13.1 Å². The summed E-state index contributed by atoms with van der Waals surface area (Å²) in [4.78, 5) is 2.61. The first-order valence-electron chi connectivity index (χ1n) is 11.4. The van der Waals surface area contributed by atoms with Crippen LogP contribution < -0.4 is 14.2 Å². The summed E-state index contributed by atoms with van der Waals surface area (Å²) in [5.74, 6) is 1.33. The number of hydrogen-bond donors (Lipinski definition) is 1. The van der Waals surface area contributed by atoms with E-state index < -0.39 is 10.0 Å². The van der Waals surface area contributed by atoms with Crippen LogP contribution in [0.5, 0.6) is 11.5 Å². The predicted octanol–water partition coefficient (Wildman–Crippen LogP) is 4.40. The molecule has 3 aromatic rings. The van der Waals surface area contributed by atoms with Crippen LogP contribution in [-0.4, -0.2) is 40.6 Å². The minimum Gasteiger partial charge on any atom is -0.493 e. The molecule has 0 amide bonds. The summed E-state index contributed by atoms with van der Waals surface area (Å²) in [5.41, 5.74) is 5.69. The van der Waals surface area contributed by atoms with Crippen LogP contribution in [0.1, 0.15) is 33.9 Å². The lowest BCUT2D eigenvalue weighted by atomic mass is 9.91. The Bertz CT molecular complexity index is 1260. The van der Waals surface area contributed by atoms with Gasteiger partial charge in [0.2, 0.25) is 10.0 Å². The molecule has 4 rings (SSSR count). The smallest absolute Gasteiger partial charge is 0.240 e. The highest BCUT2D eigenvalue weighted by Gasteiger charge is 2.30. The molecule has 34 heavy (non-hydrogen) atoms. The Kier molecular flexibility index (Phi) is 7.26. The summed E-state index contributed by atoms with van der Waals surface area (Å²) in [7, 11) is -0.396. The molecule has 0 aliphatic carbocycles. The molecule has 0 radical (unpaired) electrons. The highest BCUT2D eigenvalue weighted by molar-refractivity contribution is 7.89. The van der Waals surface area contributed by atoms with Gasteiger partial charge in [-0.15, -0.1) is 0 Å². The zero-order chi connectivity index (χ0) is 24.3. The number of benzene rings is 3. The first-order valence-corrected chi connectivity index (χ1v) is 12.9. The SMILES string of the molecule is COc1cc2c(cc1OC)C(CNS(=O)(=O)c1ccc(C)cc1)N(Cc1ccccc1C)CC2. The second-order valence-corrected chi connectivity index (χ2v) is 10.5. The van der Waals surface area contributed by atoms with Crippen molar-refractivity contribution in [2.45, 2.75) is 37.8 Å². The van der Waals surface area contributed by atoms with Crippen LogP contribution in [-0.2, 0) is 23.0 Å². The van der Waals surface area contributed by atoms with Crippen LogP contribution in [0.4, 0.5) is 0 Å². The topological polar surface area (TPSA) is 67.9 Å². The van der Waals surface area contributed by atoms with Crippen LogP contribution in [0.3, 0.4) is 0 Å². The average Bonchev–Trinajstić information content (AvgIpc) is 2.84. The third-order valence-electron chi connectivity index (χ3n) is 6.55. The Hall–Kier alpha value is -2.87. The molecule has 0 saturated carbocycles. The zero-order valence-electron chi connectivity index (χ0n) is 20.2. The van der Waals surface area contributed by atoms with Gasteiger partial charge >= 0.3 is 0 Å². The minimum atomic E-state index is -3.64. The molecule has 0 bridgehead atoms. The molecule has 1 atom stereocenters. The molecule has 1 heterocycles. The number of rotatable bonds is 8. The molecule has 0 fully saturated rings. The largest absolute Gasteiger partial charge is 0.493 e. The van der Waals surface area contributed by atoms with Crippen molar-refractivity contribution in [3.63, 3.8) is 0 Å². The fourth-order valence-corrected chi connectivity index (χ4v) is 5.54. The van der Waals surface area contributed by atoms with Gasteiger partial charge in [-0.3, -0.25) is 4.90 Å². The zero-order valence-corrected chi connectivity index (χ0v) is 21.0. The monoisotopic (exact) mass is 480 g/mol. The van der Waals surface area contributed by atoms with Crippen molar-refractivity contribution in [3.8, 4) is 11.5 Å². The summed E-state index contributed by atoms with van der Waals surface area (Å²) >= 11 is 0. The Balaban J connectivity index is 1.68. The van der Waals surface area contributed by atoms with Gasteiger partial charge in [0.05, 0.1) is 19.1 Å². The number of nitrogens with one attached hydrogen (secondary N) is 1. The van der Waals surface area contributed by atoms with E-state index in [1.807, 2.05) is 43.3 Å². The first kappa shape index (κ1) is 24.3. The van der Waals surface area contributed by atoms with Gasteiger partial charge in [-0.05, 0) is 66.8 Å². The van der Waals surface area contributed by atoms with Crippen LogP contribution >= 0.6 is 0 Å². The number of aryl methyl sites for hydroxylation is 2. The molecule has 1 N–H and O–H groups in total. The van der Waals surface area contributed by atoms with Crippen molar-refractivity contribution < 1.29 is 17.9 Å². The molecule has 1 unspecified atom stereocenters. The third kappa shape index (κ3) is 5.12. The van der Waals surface area contributed by atoms with Gasteiger partial charge in [0, 0.05) is 25.7 Å². The Morgan fingerprint density at radius 2 is 1.65 bits per heavy atom. The lowest BCUT2D eigenvalue weighted by Crippen LogP contribution is -2.41. The van der Waals surface area contributed by atoms with Gasteiger partial charge in [0.25, 0.3) is 0 Å². The van der Waals surface area contributed by atoms with E-state index in [-0.39, 0.29) is 17.5 Å². The molecule has 0 aromatic heterocycles. The Morgan fingerprint density at radius 1 is 0.971 bits per heavy atom. The fraction of sp³-hybridized carbons (Fsp3) is 0.333. The summed E-state index contributed by atoms with van der Waals surface area (Å²) < 4.78 is 40.1. The second kappa shape index (κ2) is 10.2. The van der Waals surface area contributed by atoms with Gasteiger partial charge in [-0.1, -0.05) is 42.0 Å². The highest BCUT2D eigenvalue weighted by atomic mass is 32.2. The summed E-state index contributed by atoms with van der Waals surface area (Å²) in [6.07, 6.45) is 0.850. The number of fused-ring (bicyclic) bond motifs is 1. The minimum absolute atomic E-state index is 0.150. The standard InChI is InChI=1S/C27H32N2O4S/c1-19-9-11-23(12-10-19)34(30,31)28-17-25-24-16-27(33-4)26(32-3)15-21(24)13-14-29(25)18-22-8-6-5-7-20(22)2/h5-12,15-16,25,28H,13-14,17-18H2,1-4H3. The van der Waals surface area contributed by atoms with Crippen LogP contribution in [0, 0.1) is 13.8 Å². The lowest BCUT2D eigenvalue weighted by molar-refractivity contribution is 0.176. The molecule has 0 spiro atoms. The number of sulfonamides is 1. The van der Waals surface area contributed by atoms with E-state index in [9.17, 15) is 8.42 Å². The molecule has 1 aliphatic rings. The second-order valence-electron chi connectivity index (χ2n) is 8.73. The van der Waals surface area contributed by atoms with Crippen molar-refractivity contribution in [1.82, 2.24) is 9.62 Å². The molecular formula is C27H32N2O4S. The van der Waals surface area contributed by atoms with E-state index in [1.54, 1.807) is 26.4 Å². The third-order valence-corrected chi connectivity index (χ3v) is 7.99. The Labute approximate surface area is 202 Å². The molecule has 1 aliphatic heterocycles. The van der Waals surface area contributed by atoms with Crippen molar-refractivity contribution in [3.05, 3.63) is 88.5 Å². The van der Waals surface area contributed by atoms with Gasteiger partial charge in [0.15, 0.2) is 11.5 Å². The van der Waals surface area contributed by atoms with E-state index in [0.717, 1.165) is 36.2 Å². The Morgan fingerprint density at radius 3 is 2.32 bits per heavy atom. The van der Waals surface area contributed by atoms with Crippen LogP contribution in [0.2, 0.25) is 0 Å². The normalized spacial score (nSPS) is 16.2. The average molecular weight is 481 g/mol. The fourth-order valence-electron chi connectivity index (χ4n) is 4.50. The predicted molar refractivity (Wildman–Crippen MR) is 134 cm³/mol. The quantitative estimate of drug-likeness (QED) is 0.518. The summed E-state index contributed by atoms with van der Waals surface area (Å²) in [6, 6.07) is 19.1. The van der Waals surface area contributed by atoms with E-state index in [2.05, 4.69) is 28.7 Å². The van der Waals surface area contributed by atoms with E-state index in [4.69, 9.17) is 9.47 Å². The van der Waals surface area contributed by atoms with Gasteiger partial charge in [0.1, 0.15) is 0 Å². The lowest BCUT2D eigenvalue weighted by Gasteiger charge is -2.38. The van der Waals surface area contributed by atoms with Gasteiger partial charge < -0.3 is 9.47 Å². The van der Waals surface area contributed by atoms with Gasteiger partial charge in [-0.2, -0.15) is 0 Å². The first-order chi connectivity index (χ1) is 16.3. The van der Waals surface area contributed by atoms with Crippen molar-refractivity contribution >= 4 is 10.0 Å². The molecular weight excluding hydrogens is 448 g/mol. The van der Waals surface area contributed by atoms with Crippen molar-refractivity contribution in [1.29, 1.82) is 0 Å². The summed E-state index contributed by atoms with van der Waals surface area (Å²) in [5, 5.41) is 0.